The number of nitriles is 1. The fourth-order valence-electron chi connectivity index (χ4n) is 1.65. The molecule has 0 radical (unpaired) electrons. The van der Waals surface area contributed by atoms with E-state index < -0.39 is 0 Å². The van der Waals surface area contributed by atoms with E-state index in [1.165, 1.54) is 0 Å². The Morgan fingerprint density at radius 3 is 2.65 bits per heavy atom. The van der Waals surface area contributed by atoms with Crippen LogP contribution in [0.3, 0.4) is 0 Å². The van der Waals surface area contributed by atoms with Crippen molar-refractivity contribution in [1.29, 1.82) is 5.26 Å². The standard InChI is InChI=1S/C12H12N4O/c1-2-3-12-11(8-13)14-15-16(12)9-4-6-10(17)7-5-9/h4-7,17H,2-3H2,1H3. The molecular weight excluding hydrogens is 216 g/mol. The van der Waals surface area contributed by atoms with Gasteiger partial charge >= 0.3 is 0 Å². The number of rotatable bonds is 3. The molecule has 0 unspecified atom stereocenters. The molecule has 0 spiro atoms. The Morgan fingerprint density at radius 1 is 1.35 bits per heavy atom. The molecule has 1 N–H and O–H groups in total. The maximum absolute atomic E-state index is 9.23. The Labute approximate surface area is 98.9 Å². The average Bonchev–Trinajstić information content (AvgIpc) is 2.74. The van der Waals surface area contributed by atoms with Gasteiger partial charge in [-0.15, -0.1) is 5.10 Å². The summed E-state index contributed by atoms with van der Waals surface area (Å²) in [6.07, 6.45) is 1.66. The van der Waals surface area contributed by atoms with Crippen molar-refractivity contribution < 1.29 is 5.11 Å². The molecule has 1 aromatic heterocycles. The van der Waals surface area contributed by atoms with Crippen LogP contribution in [0.2, 0.25) is 0 Å². The first-order chi connectivity index (χ1) is 8.26. The molecule has 0 bridgehead atoms. The SMILES string of the molecule is CCCc1c(C#N)nnn1-c1ccc(O)cc1. The van der Waals surface area contributed by atoms with Crippen LogP contribution in [0, 0.1) is 11.3 Å². The highest BCUT2D eigenvalue weighted by molar-refractivity contribution is 5.39. The van der Waals surface area contributed by atoms with Crippen LogP contribution in [0.5, 0.6) is 5.75 Å². The van der Waals surface area contributed by atoms with Crippen molar-refractivity contribution in [3.8, 4) is 17.5 Å². The van der Waals surface area contributed by atoms with Crippen LogP contribution in [0.15, 0.2) is 24.3 Å². The van der Waals surface area contributed by atoms with E-state index in [-0.39, 0.29) is 5.75 Å². The highest BCUT2D eigenvalue weighted by Gasteiger charge is 2.12. The fourth-order valence-corrected chi connectivity index (χ4v) is 1.65. The number of phenols is 1. The van der Waals surface area contributed by atoms with Crippen molar-refractivity contribution in [3.05, 3.63) is 35.7 Å². The number of aromatic hydroxyl groups is 1. The smallest absolute Gasteiger partial charge is 0.186 e. The molecule has 5 nitrogen and oxygen atoms in total. The number of hydrogen-bond donors (Lipinski definition) is 1. The Balaban J connectivity index is 2.48. The van der Waals surface area contributed by atoms with E-state index in [2.05, 4.69) is 10.3 Å². The number of hydrogen-bond acceptors (Lipinski definition) is 4. The van der Waals surface area contributed by atoms with Crippen molar-refractivity contribution in [2.75, 3.05) is 0 Å². The number of phenolic OH excluding ortho intramolecular Hbond substituents is 1. The fraction of sp³-hybridized carbons (Fsp3) is 0.250. The lowest BCUT2D eigenvalue weighted by Gasteiger charge is -2.05. The van der Waals surface area contributed by atoms with Crippen LogP contribution < -0.4 is 0 Å². The molecule has 0 aliphatic heterocycles. The second-order valence-corrected chi connectivity index (χ2v) is 3.67. The molecule has 0 saturated heterocycles. The lowest BCUT2D eigenvalue weighted by atomic mass is 10.2. The largest absolute Gasteiger partial charge is 0.508 e. The minimum Gasteiger partial charge on any atom is -0.508 e. The van der Waals surface area contributed by atoms with Gasteiger partial charge in [-0.25, -0.2) is 4.68 Å². The molecular formula is C12H12N4O. The molecule has 1 aromatic carbocycles. The Bertz CT molecular complexity index is 551. The van der Waals surface area contributed by atoms with Gasteiger partial charge in [-0.1, -0.05) is 18.6 Å². The molecule has 0 saturated carbocycles. The predicted octanol–water partition coefficient (Wildman–Crippen LogP) is 1.80. The Hall–Kier alpha value is -2.35. The molecule has 0 amide bonds. The van der Waals surface area contributed by atoms with Crippen molar-refractivity contribution in [2.45, 2.75) is 19.8 Å². The first-order valence-electron chi connectivity index (χ1n) is 5.40. The van der Waals surface area contributed by atoms with Crippen LogP contribution in [-0.4, -0.2) is 20.1 Å². The van der Waals surface area contributed by atoms with Crippen LogP contribution in [0.25, 0.3) is 5.69 Å². The first-order valence-corrected chi connectivity index (χ1v) is 5.40. The van der Waals surface area contributed by atoms with Crippen molar-refractivity contribution >= 4 is 0 Å². The topological polar surface area (TPSA) is 74.7 Å². The van der Waals surface area contributed by atoms with Crippen molar-refractivity contribution in [1.82, 2.24) is 15.0 Å². The van der Waals surface area contributed by atoms with Gasteiger partial charge in [0.05, 0.1) is 11.4 Å². The van der Waals surface area contributed by atoms with Crippen molar-refractivity contribution in [3.63, 3.8) is 0 Å². The normalized spacial score (nSPS) is 10.1. The zero-order chi connectivity index (χ0) is 12.3. The highest BCUT2D eigenvalue weighted by atomic mass is 16.3. The summed E-state index contributed by atoms with van der Waals surface area (Å²) >= 11 is 0. The maximum atomic E-state index is 9.23. The molecule has 5 heteroatoms. The molecule has 2 rings (SSSR count). The third-order valence-corrected chi connectivity index (χ3v) is 2.45. The summed E-state index contributed by atoms with van der Waals surface area (Å²) in [5.74, 6) is 0.200. The Kier molecular flexibility index (Phi) is 3.06. The van der Waals surface area contributed by atoms with Crippen LogP contribution in [0.1, 0.15) is 24.7 Å². The maximum Gasteiger partial charge on any atom is 0.186 e. The van der Waals surface area contributed by atoms with Gasteiger partial charge in [-0.3, -0.25) is 0 Å². The summed E-state index contributed by atoms with van der Waals surface area (Å²) in [5.41, 5.74) is 1.96. The molecule has 17 heavy (non-hydrogen) atoms. The monoisotopic (exact) mass is 228 g/mol. The second-order valence-electron chi connectivity index (χ2n) is 3.67. The summed E-state index contributed by atoms with van der Waals surface area (Å²) in [6, 6.07) is 8.68. The zero-order valence-electron chi connectivity index (χ0n) is 9.46. The van der Waals surface area contributed by atoms with Gasteiger partial charge in [0, 0.05) is 0 Å². The summed E-state index contributed by atoms with van der Waals surface area (Å²) in [6.45, 7) is 2.04. The molecule has 1 heterocycles. The van der Waals surface area contributed by atoms with E-state index >= 15 is 0 Å². The van der Waals surface area contributed by atoms with Crippen LogP contribution in [-0.2, 0) is 6.42 Å². The van der Waals surface area contributed by atoms with Gasteiger partial charge in [0.15, 0.2) is 5.69 Å². The summed E-state index contributed by atoms with van der Waals surface area (Å²) < 4.78 is 1.64. The van der Waals surface area contributed by atoms with E-state index in [1.807, 2.05) is 13.0 Å². The van der Waals surface area contributed by atoms with E-state index in [1.54, 1.807) is 28.9 Å². The number of nitrogens with zero attached hydrogens (tertiary/aromatic N) is 4. The van der Waals surface area contributed by atoms with Gasteiger partial charge in [-0.2, -0.15) is 5.26 Å². The van der Waals surface area contributed by atoms with E-state index in [4.69, 9.17) is 5.26 Å². The molecule has 2 aromatic rings. The summed E-state index contributed by atoms with van der Waals surface area (Å²) in [7, 11) is 0. The molecule has 0 fully saturated rings. The van der Waals surface area contributed by atoms with Crippen molar-refractivity contribution in [2.24, 2.45) is 0 Å². The van der Waals surface area contributed by atoms with Gasteiger partial charge in [0.1, 0.15) is 11.8 Å². The number of aromatic nitrogens is 3. The molecule has 0 aliphatic carbocycles. The average molecular weight is 228 g/mol. The molecule has 0 aliphatic rings. The summed E-state index contributed by atoms with van der Waals surface area (Å²) in [5, 5.41) is 26.0. The van der Waals surface area contributed by atoms with Gasteiger partial charge in [0.2, 0.25) is 0 Å². The highest BCUT2D eigenvalue weighted by Crippen LogP contribution is 2.17. The van der Waals surface area contributed by atoms with Gasteiger partial charge < -0.3 is 5.11 Å². The Morgan fingerprint density at radius 2 is 2.06 bits per heavy atom. The third-order valence-electron chi connectivity index (χ3n) is 2.45. The third kappa shape index (κ3) is 2.11. The van der Waals surface area contributed by atoms with Gasteiger partial charge in [0.25, 0.3) is 0 Å². The molecule has 0 atom stereocenters. The van der Waals surface area contributed by atoms with Crippen LogP contribution >= 0.6 is 0 Å². The minimum absolute atomic E-state index is 0.200. The van der Waals surface area contributed by atoms with E-state index in [0.29, 0.717) is 5.69 Å². The van der Waals surface area contributed by atoms with Crippen LogP contribution in [0.4, 0.5) is 0 Å². The van der Waals surface area contributed by atoms with E-state index in [0.717, 1.165) is 24.2 Å². The van der Waals surface area contributed by atoms with E-state index in [9.17, 15) is 5.11 Å². The quantitative estimate of drug-likeness (QED) is 0.869. The predicted molar refractivity (Wildman–Crippen MR) is 61.7 cm³/mol. The molecule has 86 valence electrons. The second kappa shape index (κ2) is 4.66. The summed E-state index contributed by atoms with van der Waals surface area (Å²) in [4.78, 5) is 0. The zero-order valence-corrected chi connectivity index (χ0v) is 9.46. The lowest BCUT2D eigenvalue weighted by molar-refractivity contribution is 0.475. The first kappa shape index (κ1) is 11.1. The van der Waals surface area contributed by atoms with Gasteiger partial charge in [-0.05, 0) is 30.7 Å². The lowest BCUT2D eigenvalue weighted by Crippen LogP contribution is -2.02. The number of benzene rings is 1. The minimum atomic E-state index is 0.200.